The molecule has 0 spiro atoms. The Hall–Kier alpha value is -0.430. The molecule has 0 heterocycles. The fraction of sp³-hybridized carbons (Fsp3) is 0.333. The van der Waals surface area contributed by atoms with E-state index >= 15 is 0 Å². The van der Waals surface area contributed by atoms with Crippen LogP contribution in [0.2, 0.25) is 0 Å². The topological polar surface area (TPSA) is 46.2 Å². The van der Waals surface area contributed by atoms with E-state index in [4.69, 9.17) is 0 Å². The lowest BCUT2D eigenvalue weighted by atomic mass is 10.7. The van der Waals surface area contributed by atoms with Crippen molar-refractivity contribution < 1.29 is 9.59 Å². The summed E-state index contributed by atoms with van der Waals surface area (Å²) in [7, 11) is 1.90. The molecule has 7 heavy (non-hydrogen) atoms. The molecule has 0 fully saturated rings. The summed E-state index contributed by atoms with van der Waals surface area (Å²) >= 11 is 0. The van der Waals surface area contributed by atoms with Gasteiger partial charge in [-0.2, -0.15) is 0 Å². The fourth-order valence-electron chi connectivity index (χ4n) is 0.142. The van der Waals surface area contributed by atoms with Crippen LogP contribution in [-0.2, 0) is 4.79 Å². The molecular formula is C3H6NO2P. The summed E-state index contributed by atoms with van der Waals surface area (Å²) < 4.78 is 0. The number of hydrogen-bond acceptors (Lipinski definition) is 2. The predicted molar refractivity (Wildman–Crippen MR) is 29.2 cm³/mol. The lowest BCUT2D eigenvalue weighted by molar-refractivity contribution is -0.107. The van der Waals surface area contributed by atoms with E-state index in [9.17, 15) is 9.59 Å². The van der Waals surface area contributed by atoms with Gasteiger partial charge in [0.15, 0.2) is 0 Å². The first-order chi connectivity index (χ1) is 3.27. The van der Waals surface area contributed by atoms with Crippen molar-refractivity contribution in [2.24, 2.45) is 0 Å². The molecule has 1 amide bonds. The van der Waals surface area contributed by atoms with Crippen LogP contribution in [0.15, 0.2) is 0 Å². The second-order valence-corrected chi connectivity index (χ2v) is 1.44. The smallest absolute Gasteiger partial charge is 0.235 e. The molecule has 40 valence electrons. The van der Waals surface area contributed by atoms with Crippen LogP contribution in [0, 0.1) is 0 Å². The molecule has 4 heteroatoms. The summed E-state index contributed by atoms with van der Waals surface area (Å²) in [6, 6.07) is 0. The van der Waals surface area contributed by atoms with Gasteiger partial charge in [-0.15, -0.1) is 0 Å². The lowest BCUT2D eigenvalue weighted by Crippen LogP contribution is -2.17. The van der Waals surface area contributed by atoms with Crippen LogP contribution in [0.3, 0.4) is 0 Å². The summed E-state index contributed by atoms with van der Waals surface area (Å²) in [5, 5.41) is 2.25. The molecule has 0 aromatic rings. The Balaban J connectivity index is 2.97. The van der Waals surface area contributed by atoms with E-state index in [0.29, 0.717) is 6.29 Å². The molecule has 0 aromatic carbocycles. The minimum absolute atomic E-state index is 0.0995. The second kappa shape index (κ2) is 3.75. The molecule has 0 saturated carbocycles. The van der Waals surface area contributed by atoms with Crippen LogP contribution in [0.1, 0.15) is 0 Å². The highest BCUT2D eigenvalue weighted by atomic mass is 31.0. The highest BCUT2D eigenvalue weighted by Crippen LogP contribution is 1.77. The van der Waals surface area contributed by atoms with Gasteiger partial charge in [0.05, 0.1) is 6.54 Å². The maximum atomic E-state index is 9.90. The van der Waals surface area contributed by atoms with Crippen molar-refractivity contribution in [2.75, 3.05) is 6.54 Å². The fourth-order valence-corrected chi connectivity index (χ4v) is 0.260. The molecule has 0 rings (SSSR count). The van der Waals surface area contributed by atoms with E-state index in [-0.39, 0.29) is 12.2 Å². The molecule has 0 aliphatic carbocycles. The molecular weight excluding hydrogens is 113 g/mol. The molecule has 1 atom stereocenters. The number of hydrogen-bond donors (Lipinski definition) is 1. The minimum atomic E-state index is -0.257. The van der Waals surface area contributed by atoms with Crippen LogP contribution < -0.4 is 5.32 Å². The van der Waals surface area contributed by atoms with Crippen molar-refractivity contribution in [1.82, 2.24) is 5.32 Å². The van der Waals surface area contributed by atoms with Crippen molar-refractivity contribution in [3.8, 4) is 0 Å². The molecule has 1 N–H and O–H groups in total. The monoisotopic (exact) mass is 119 g/mol. The third-order valence-electron chi connectivity index (χ3n) is 0.360. The lowest BCUT2D eigenvalue weighted by Gasteiger charge is -1.88. The highest BCUT2D eigenvalue weighted by Gasteiger charge is 1.83. The van der Waals surface area contributed by atoms with Crippen molar-refractivity contribution in [3.05, 3.63) is 0 Å². The number of carbonyl (C=O) groups excluding carboxylic acids is 2. The average Bonchev–Trinajstić information content (AvgIpc) is 1.61. The van der Waals surface area contributed by atoms with Gasteiger partial charge in [-0.05, 0) is 9.24 Å². The number of nitrogens with one attached hydrogen (secondary N) is 1. The van der Waals surface area contributed by atoms with Gasteiger partial charge in [-0.1, -0.05) is 0 Å². The highest BCUT2D eigenvalue weighted by molar-refractivity contribution is 7.39. The molecule has 0 saturated heterocycles. The zero-order valence-electron chi connectivity index (χ0n) is 3.68. The van der Waals surface area contributed by atoms with Gasteiger partial charge >= 0.3 is 0 Å². The molecule has 0 aliphatic rings. The molecule has 0 aliphatic heterocycles. The quantitative estimate of drug-likeness (QED) is 0.403. The zero-order valence-corrected chi connectivity index (χ0v) is 4.83. The van der Waals surface area contributed by atoms with Gasteiger partial charge in [-0.25, -0.2) is 0 Å². The third-order valence-corrected chi connectivity index (χ3v) is 0.564. The van der Waals surface area contributed by atoms with E-state index in [2.05, 4.69) is 5.32 Å². The number of carbonyl (C=O) groups is 2. The second-order valence-electron chi connectivity index (χ2n) is 0.912. The van der Waals surface area contributed by atoms with Gasteiger partial charge in [0.25, 0.3) is 0 Å². The van der Waals surface area contributed by atoms with E-state index < -0.39 is 0 Å². The number of rotatable bonds is 2. The maximum absolute atomic E-state index is 9.90. The minimum Gasteiger partial charge on any atom is -0.346 e. The molecule has 3 nitrogen and oxygen atoms in total. The Morgan fingerprint density at radius 1 is 1.86 bits per heavy atom. The van der Waals surface area contributed by atoms with Gasteiger partial charge in [0.2, 0.25) is 5.65 Å². The Labute approximate surface area is 43.7 Å². The number of amides is 1. The summed E-state index contributed by atoms with van der Waals surface area (Å²) in [5.74, 6) is 0. The third kappa shape index (κ3) is 5.57. The van der Waals surface area contributed by atoms with Crippen LogP contribution >= 0.6 is 9.24 Å². The van der Waals surface area contributed by atoms with Crippen molar-refractivity contribution in [2.45, 2.75) is 0 Å². The van der Waals surface area contributed by atoms with E-state index in [1.165, 1.54) is 0 Å². The maximum Gasteiger partial charge on any atom is 0.235 e. The van der Waals surface area contributed by atoms with E-state index in [0.717, 1.165) is 0 Å². The first-order valence-electron chi connectivity index (χ1n) is 1.74. The van der Waals surface area contributed by atoms with Crippen molar-refractivity contribution >= 4 is 21.2 Å². The Bertz CT molecular complexity index is 83.0. The van der Waals surface area contributed by atoms with Gasteiger partial charge in [0, 0.05) is 0 Å². The molecule has 0 radical (unpaired) electrons. The Morgan fingerprint density at radius 2 is 2.43 bits per heavy atom. The van der Waals surface area contributed by atoms with Crippen LogP contribution in [0.25, 0.3) is 0 Å². The zero-order chi connectivity index (χ0) is 5.70. The summed E-state index contributed by atoms with van der Waals surface area (Å²) in [4.78, 5) is 19.4. The molecule has 1 unspecified atom stereocenters. The first kappa shape index (κ1) is 6.57. The largest absolute Gasteiger partial charge is 0.346 e. The van der Waals surface area contributed by atoms with Crippen LogP contribution in [0.5, 0.6) is 0 Å². The Morgan fingerprint density at radius 3 is 2.57 bits per heavy atom. The van der Waals surface area contributed by atoms with E-state index in [1.807, 2.05) is 9.24 Å². The van der Waals surface area contributed by atoms with E-state index in [1.54, 1.807) is 0 Å². The normalized spacial score (nSPS) is 7.57. The van der Waals surface area contributed by atoms with Gasteiger partial charge < -0.3 is 10.1 Å². The van der Waals surface area contributed by atoms with Crippen molar-refractivity contribution in [3.63, 3.8) is 0 Å². The summed E-state index contributed by atoms with van der Waals surface area (Å²) in [6.07, 6.45) is 0.627. The average molecular weight is 119 g/mol. The predicted octanol–water partition coefficient (Wildman–Crippen LogP) is -0.230. The van der Waals surface area contributed by atoms with Crippen LogP contribution in [0.4, 0.5) is 4.79 Å². The van der Waals surface area contributed by atoms with Crippen LogP contribution in [-0.4, -0.2) is 18.5 Å². The molecule has 0 bridgehead atoms. The van der Waals surface area contributed by atoms with Crippen molar-refractivity contribution in [1.29, 1.82) is 0 Å². The molecule has 0 aromatic heterocycles. The number of aldehydes is 1. The first-order valence-corrected chi connectivity index (χ1v) is 2.32. The summed E-state index contributed by atoms with van der Waals surface area (Å²) in [6.45, 7) is 0.0995. The SMILES string of the molecule is O=CCNC(=O)P. The van der Waals surface area contributed by atoms with Gasteiger partial charge in [-0.3, -0.25) is 4.79 Å². The summed E-state index contributed by atoms with van der Waals surface area (Å²) in [5.41, 5.74) is -0.257. The Kier molecular flexibility index (Phi) is 3.52. The van der Waals surface area contributed by atoms with Gasteiger partial charge in [0.1, 0.15) is 6.29 Å². The standard InChI is InChI=1S/C3H6NO2P/c5-2-1-4-3(6)7/h2H,1,7H2,(H,4,6).